The van der Waals surface area contributed by atoms with Crippen LogP contribution in [-0.2, 0) is 10.8 Å². The van der Waals surface area contributed by atoms with Crippen LogP contribution in [-0.4, -0.2) is 44.2 Å². The molecule has 6 nitrogen and oxygen atoms in total. The van der Waals surface area contributed by atoms with Gasteiger partial charge in [-0.05, 0) is 25.5 Å². The van der Waals surface area contributed by atoms with E-state index in [-0.39, 0.29) is 17.4 Å². The summed E-state index contributed by atoms with van der Waals surface area (Å²) in [5.74, 6) is -1.11. The first-order valence-electron chi connectivity index (χ1n) is 5.71. The van der Waals surface area contributed by atoms with Crippen LogP contribution >= 0.6 is 0 Å². The van der Waals surface area contributed by atoms with Crippen LogP contribution in [0.2, 0.25) is 0 Å². The van der Waals surface area contributed by atoms with Crippen LogP contribution in [0.5, 0.6) is 0 Å². The number of pyridine rings is 1. The molecule has 1 amide bonds. The summed E-state index contributed by atoms with van der Waals surface area (Å²) >= 11 is 0. The summed E-state index contributed by atoms with van der Waals surface area (Å²) in [7, 11) is -0.900. The van der Waals surface area contributed by atoms with Gasteiger partial charge in [0.05, 0.1) is 0 Å². The van der Waals surface area contributed by atoms with Crippen LogP contribution in [0.25, 0.3) is 0 Å². The first-order chi connectivity index (χ1) is 8.90. The largest absolute Gasteiger partial charge is 0.477 e. The standard InChI is InChI=1S/C12H16N2O4S/c1-8(6-7-19(2)18)13-11(15)9-4-3-5-10(14-9)12(16)17/h3-5,8H,6-7H2,1-2H3,(H,13,15)(H,16,17). The summed E-state index contributed by atoms with van der Waals surface area (Å²) in [4.78, 5) is 26.3. The maximum Gasteiger partial charge on any atom is 0.354 e. The summed E-state index contributed by atoms with van der Waals surface area (Å²) < 4.78 is 10.9. The molecule has 0 spiro atoms. The molecule has 1 heterocycles. The molecule has 104 valence electrons. The van der Waals surface area contributed by atoms with E-state index in [0.717, 1.165) is 0 Å². The van der Waals surface area contributed by atoms with Gasteiger partial charge in [0.25, 0.3) is 5.91 Å². The van der Waals surface area contributed by atoms with Crippen molar-refractivity contribution in [1.29, 1.82) is 0 Å². The second-order valence-electron chi connectivity index (χ2n) is 4.15. The van der Waals surface area contributed by atoms with Gasteiger partial charge in [0, 0.05) is 28.9 Å². The Labute approximate surface area is 113 Å². The predicted octanol–water partition coefficient (Wildman–Crippen LogP) is 0.667. The van der Waals surface area contributed by atoms with Crippen LogP contribution in [0.4, 0.5) is 0 Å². The van der Waals surface area contributed by atoms with Gasteiger partial charge in [0.15, 0.2) is 0 Å². The van der Waals surface area contributed by atoms with Gasteiger partial charge >= 0.3 is 5.97 Å². The number of aromatic carboxylic acids is 1. The Morgan fingerprint density at radius 1 is 1.42 bits per heavy atom. The zero-order chi connectivity index (χ0) is 14.4. The number of carbonyl (C=O) groups excluding carboxylic acids is 1. The molecule has 0 fully saturated rings. The third-order valence-electron chi connectivity index (χ3n) is 2.42. The number of carboxylic acids is 1. The fraction of sp³-hybridized carbons (Fsp3) is 0.417. The molecule has 0 aliphatic rings. The smallest absolute Gasteiger partial charge is 0.354 e. The van der Waals surface area contributed by atoms with E-state index in [1.807, 2.05) is 0 Å². The summed E-state index contributed by atoms with van der Waals surface area (Å²) in [5.41, 5.74) is -0.112. The number of amides is 1. The summed E-state index contributed by atoms with van der Waals surface area (Å²) in [5, 5.41) is 11.5. The minimum Gasteiger partial charge on any atom is -0.477 e. The zero-order valence-corrected chi connectivity index (χ0v) is 11.6. The number of rotatable bonds is 6. The highest BCUT2D eigenvalue weighted by molar-refractivity contribution is 7.84. The van der Waals surface area contributed by atoms with Gasteiger partial charge in [0.1, 0.15) is 11.4 Å². The fourth-order valence-corrected chi connectivity index (χ4v) is 2.08. The maximum atomic E-state index is 11.8. The molecule has 0 aliphatic heterocycles. The number of nitrogens with zero attached hydrogens (tertiary/aromatic N) is 1. The number of hydrogen-bond donors (Lipinski definition) is 2. The van der Waals surface area contributed by atoms with E-state index >= 15 is 0 Å². The third-order valence-corrected chi connectivity index (χ3v) is 3.23. The van der Waals surface area contributed by atoms with E-state index in [0.29, 0.717) is 12.2 Å². The molecular formula is C12H16N2O4S. The highest BCUT2D eigenvalue weighted by Crippen LogP contribution is 2.01. The average molecular weight is 284 g/mol. The van der Waals surface area contributed by atoms with Crippen LogP contribution < -0.4 is 5.32 Å². The molecule has 1 rings (SSSR count). The van der Waals surface area contributed by atoms with E-state index < -0.39 is 22.7 Å². The highest BCUT2D eigenvalue weighted by Gasteiger charge is 2.13. The molecule has 0 aromatic carbocycles. The Hall–Kier alpha value is -1.76. The molecule has 0 saturated carbocycles. The topological polar surface area (TPSA) is 96.4 Å². The van der Waals surface area contributed by atoms with Crippen molar-refractivity contribution < 1.29 is 18.9 Å². The third kappa shape index (κ3) is 5.17. The first kappa shape index (κ1) is 15.3. The number of nitrogens with one attached hydrogen (secondary N) is 1. The SMILES string of the molecule is CC(CCS(C)=O)NC(=O)c1cccc(C(=O)O)n1. The predicted molar refractivity (Wildman–Crippen MR) is 71.7 cm³/mol. The van der Waals surface area contributed by atoms with Gasteiger partial charge in [-0.2, -0.15) is 0 Å². The highest BCUT2D eigenvalue weighted by atomic mass is 32.2. The lowest BCUT2D eigenvalue weighted by Gasteiger charge is -2.12. The molecule has 0 bridgehead atoms. The molecule has 19 heavy (non-hydrogen) atoms. The van der Waals surface area contributed by atoms with Crippen molar-refractivity contribution in [2.24, 2.45) is 0 Å². The van der Waals surface area contributed by atoms with E-state index in [4.69, 9.17) is 5.11 Å². The van der Waals surface area contributed by atoms with Crippen molar-refractivity contribution in [3.63, 3.8) is 0 Å². The molecule has 0 saturated heterocycles. The molecule has 2 N–H and O–H groups in total. The lowest BCUT2D eigenvalue weighted by Crippen LogP contribution is -2.34. The van der Waals surface area contributed by atoms with Crippen molar-refractivity contribution in [1.82, 2.24) is 10.3 Å². The van der Waals surface area contributed by atoms with Crippen molar-refractivity contribution in [3.05, 3.63) is 29.6 Å². The number of hydrogen-bond acceptors (Lipinski definition) is 4. The van der Waals surface area contributed by atoms with Crippen LogP contribution in [0.1, 0.15) is 34.3 Å². The minimum atomic E-state index is -1.18. The second kappa shape index (κ2) is 6.98. The maximum absolute atomic E-state index is 11.8. The number of carbonyl (C=O) groups is 2. The zero-order valence-electron chi connectivity index (χ0n) is 10.8. The number of aromatic nitrogens is 1. The molecular weight excluding hydrogens is 268 g/mol. The van der Waals surface area contributed by atoms with E-state index in [1.165, 1.54) is 18.2 Å². The van der Waals surface area contributed by atoms with Gasteiger partial charge in [-0.25, -0.2) is 9.78 Å². The normalized spacial score (nSPS) is 13.6. The van der Waals surface area contributed by atoms with E-state index in [1.54, 1.807) is 13.2 Å². The molecule has 2 unspecified atom stereocenters. The number of carboxylic acid groups (broad SMARTS) is 1. The van der Waals surface area contributed by atoms with Crippen molar-refractivity contribution in [3.8, 4) is 0 Å². The summed E-state index contributed by atoms with van der Waals surface area (Å²) in [6, 6.07) is 4.10. The molecule has 0 aliphatic carbocycles. The van der Waals surface area contributed by atoms with Crippen molar-refractivity contribution in [2.75, 3.05) is 12.0 Å². The first-order valence-corrected chi connectivity index (χ1v) is 7.44. The monoisotopic (exact) mass is 284 g/mol. The minimum absolute atomic E-state index is 0.0596. The van der Waals surface area contributed by atoms with Gasteiger partial charge in [-0.15, -0.1) is 0 Å². The second-order valence-corrected chi connectivity index (χ2v) is 5.71. The Bertz CT molecular complexity index is 504. The lowest BCUT2D eigenvalue weighted by atomic mass is 10.2. The van der Waals surface area contributed by atoms with E-state index in [2.05, 4.69) is 10.3 Å². The summed E-state index contributed by atoms with van der Waals surface area (Å²) in [6.07, 6.45) is 2.19. The molecule has 2 atom stereocenters. The average Bonchev–Trinajstić information content (AvgIpc) is 2.36. The van der Waals surface area contributed by atoms with Crippen LogP contribution in [0, 0.1) is 0 Å². The molecule has 7 heteroatoms. The molecule has 1 aromatic rings. The Kier molecular flexibility index (Phi) is 5.62. The van der Waals surface area contributed by atoms with Gasteiger partial charge < -0.3 is 10.4 Å². The van der Waals surface area contributed by atoms with E-state index in [9.17, 15) is 13.8 Å². The van der Waals surface area contributed by atoms with Gasteiger partial charge in [0.2, 0.25) is 0 Å². The Morgan fingerprint density at radius 2 is 2.05 bits per heavy atom. The van der Waals surface area contributed by atoms with Gasteiger partial charge in [-0.3, -0.25) is 9.00 Å². The Morgan fingerprint density at radius 3 is 2.63 bits per heavy atom. The van der Waals surface area contributed by atoms with Gasteiger partial charge in [-0.1, -0.05) is 6.07 Å². The molecule has 0 radical (unpaired) electrons. The quantitative estimate of drug-likeness (QED) is 0.800. The lowest BCUT2D eigenvalue weighted by molar-refractivity contribution is 0.0690. The fourth-order valence-electron chi connectivity index (χ4n) is 1.39. The molecule has 1 aromatic heterocycles. The van der Waals surface area contributed by atoms with Crippen LogP contribution in [0.3, 0.4) is 0 Å². The van der Waals surface area contributed by atoms with Crippen molar-refractivity contribution >= 4 is 22.7 Å². The van der Waals surface area contributed by atoms with Crippen LogP contribution in [0.15, 0.2) is 18.2 Å². The summed E-state index contributed by atoms with van der Waals surface area (Å²) in [6.45, 7) is 1.80. The van der Waals surface area contributed by atoms with Crippen molar-refractivity contribution in [2.45, 2.75) is 19.4 Å². The Balaban J connectivity index is 2.65.